The fraction of sp³-hybridized carbons (Fsp3) is 0.625. The Balaban J connectivity index is 1.99. The first-order valence-electron chi connectivity index (χ1n) is 4.19. The third kappa shape index (κ3) is 1.72. The van der Waals surface area contributed by atoms with E-state index < -0.39 is 6.29 Å². The van der Waals surface area contributed by atoms with Gasteiger partial charge in [-0.15, -0.1) is 0 Å². The summed E-state index contributed by atoms with van der Waals surface area (Å²) in [6, 6.07) is 0. The van der Waals surface area contributed by atoms with E-state index in [1.807, 2.05) is 23.4 Å². The van der Waals surface area contributed by atoms with Crippen molar-refractivity contribution in [2.24, 2.45) is 0 Å². The maximum absolute atomic E-state index is 11.4. The lowest BCUT2D eigenvalue weighted by atomic mass is 10.3. The lowest BCUT2D eigenvalue weighted by Gasteiger charge is -2.33. The molecule has 0 saturated carbocycles. The first-order valence-corrected chi connectivity index (χ1v) is 5.13. The summed E-state index contributed by atoms with van der Waals surface area (Å²) in [6.07, 6.45) is 1.20. The van der Waals surface area contributed by atoms with Crippen molar-refractivity contribution in [1.82, 2.24) is 4.90 Å². The maximum atomic E-state index is 11.4. The molecule has 0 unspecified atom stereocenters. The number of thioether (sulfide) groups is 1. The van der Waals surface area contributed by atoms with Crippen molar-refractivity contribution in [2.45, 2.75) is 18.8 Å². The summed E-state index contributed by atoms with van der Waals surface area (Å²) in [7, 11) is 0. The van der Waals surface area contributed by atoms with Crippen LogP contribution in [-0.4, -0.2) is 35.7 Å². The van der Waals surface area contributed by atoms with Crippen molar-refractivity contribution in [3.8, 4) is 0 Å². The molecular formula is C8H11NO3S. The van der Waals surface area contributed by atoms with E-state index in [0.717, 1.165) is 0 Å². The van der Waals surface area contributed by atoms with Gasteiger partial charge >= 0.3 is 0 Å². The predicted molar refractivity (Wildman–Crippen MR) is 48.7 cm³/mol. The number of carbonyl (C=O) groups is 1. The fourth-order valence-corrected chi connectivity index (χ4v) is 2.11. The number of hydrogen-bond donors (Lipinski definition) is 0. The highest BCUT2D eigenvalue weighted by Gasteiger charge is 2.35. The monoisotopic (exact) mass is 201 g/mol. The van der Waals surface area contributed by atoms with Crippen LogP contribution in [0.2, 0.25) is 0 Å². The zero-order valence-corrected chi connectivity index (χ0v) is 8.12. The number of ether oxygens (including phenoxy) is 2. The Bertz CT molecular complexity index is 244. The zero-order valence-electron chi connectivity index (χ0n) is 7.30. The minimum absolute atomic E-state index is 0.00903. The number of rotatable bonds is 2. The van der Waals surface area contributed by atoms with E-state index in [4.69, 9.17) is 9.47 Å². The molecule has 0 aromatic carbocycles. The summed E-state index contributed by atoms with van der Waals surface area (Å²) < 4.78 is 10.6. The molecule has 0 bridgehead atoms. The van der Waals surface area contributed by atoms with Gasteiger partial charge < -0.3 is 14.4 Å². The van der Waals surface area contributed by atoms with Crippen LogP contribution in [0.25, 0.3) is 0 Å². The molecule has 0 amide bonds. The number of ketones is 1. The molecule has 2 heterocycles. The van der Waals surface area contributed by atoms with Crippen LogP contribution >= 0.6 is 11.8 Å². The first kappa shape index (κ1) is 9.05. The number of hydrogen-bond acceptors (Lipinski definition) is 5. The van der Waals surface area contributed by atoms with Crippen molar-refractivity contribution in [3.05, 3.63) is 11.6 Å². The molecule has 72 valence electrons. The van der Waals surface area contributed by atoms with Crippen LogP contribution < -0.4 is 0 Å². The van der Waals surface area contributed by atoms with Gasteiger partial charge in [0.2, 0.25) is 12.1 Å². The predicted octanol–water partition coefficient (Wildman–Crippen LogP) is 0.752. The lowest BCUT2D eigenvalue weighted by Crippen LogP contribution is -2.47. The average molecular weight is 201 g/mol. The first-order chi connectivity index (χ1) is 6.31. The number of carbonyl (C=O) groups excluding carboxylic acids is 1. The van der Waals surface area contributed by atoms with Gasteiger partial charge in [0.05, 0.1) is 6.54 Å². The molecule has 4 nitrogen and oxygen atoms in total. The van der Waals surface area contributed by atoms with Crippen molar-refractivity contribution in [3.63, 3.8) is 0 Å². The van der Waals surface area contributed by atoms with Crippen LogP contribution in [-0.2, 0) is 14.3 Å². The van der Waals surface area contributed by atoms with Crippen LogP contribution in [0.3, 0.4) is 0 Å². The molecule has 0 aromatic heterocycles. The second kappa shape index (κ2) is 3.69. The van der Waals surface area contributed by atoms with E-state index in [1.165, 1.54) is 0 Å². The topological polar surface area (TPSA) is 38.8 Å². The Kier molecular flexibility index (Phi) is 2.57. The summed E-state index contributed by atoms with van der Waals surface area (Å²) >= 11 is 1.55. The molecule has 2 aliphatic heterocycles. The third-order valence-corrected chi connectivity index (χ3v) is 2.77. The highest BCUT2D eigenvalue weighted by molar-refractivity contribution is 8.02. The fourth-order valence-electron chi connectivity index (χ4n) is 1.29. The normalized spacial score (nSPS) is 32.4. The molecule has 1 fully saturated rings. The maximum Gasteiger partial charge on any atom is 0.222 e. The zero-order chi connectivity index (χ0) is 9.26. The third-order valence-electron chi connectivity index (χ3n) is 1.88. The number of Topliss-reactive ketones (excluding diaryl/α,β-unsaturated/α-hetero) is 1. The van der Waals surface area contributed by atoms with E-state index >= 15 is 0 Å². The molecule has 1 saturated heterocycles. The molecule has 0 N–H and O–H groups in total. The molecule has 0 aromatic rings. The van der Waals surface area contributed by atoms with E-state index in [0.29, 0.717) is 13.2 Å². The van der Waals surface area contributed by atoms with Gasteiger partial charge in [-0.2, -0.15) is 0 Å². The highest BCUT2D eigenvalue weighted by Crippen LogP contribution is 2.30. The summed E-state index contributed by atoms with van der Waals surface area (Å²) in [5.41, 5.74) is -0.0748. The van der Waals surface area contributed by atoms with Crippen molar-refractivity contribution < 1.29 is 14.3 Å². The lowest BCUT2D eigenvalue weighted by molar-refractivity contribution is -0.199. The number of fused-ring (bicyclic) bond motifs is 1. The molecule has 2 rings (SSSR count). The minimum Gasteiger partial charge on any atom is -0.346 e. The Labute approximate surface area is 80.9 Å². The average Bonchev–Trinajstić information content (AvgIpc) is 2.52. The van der Waals surface area contributed by atoms with Gasteiger partial charge in [-0.25, -0.2) is 0 Å². The summed E-state index contributed by atoms with van der Waals surface area (Å²) in [5, 5.41) is 1.92. The van der Waals surface area contributed by atoms with E-state index in [9.17, 15) is 4.79 Å². The van der Waals surface area contributed by atoms with E-state index in [1.54, 1.807) is 11.8 Å². The second-order valence-corrected chi connectivity index (χ2v) is 3.74. The van der Waals surface area contributed by atoms with Crippen LogP contribution in [0.5, 0.6) is 0 Å². The van der Waals surface area contributed by atoms with Crippen molar-refractivity contribution in [2.75, 3.05) is 13.2 Å². The SMILES string of the molecule is CCO[C@@H]1O[C@@H]2SC=CN2CC1=O. The van der Waals surface area contributed by atoms with Gasteiger partial charge in [0.15, 0.2) is 5.56 Å². The Morgan fingerprint density at radius 2 is 2.69 bits per heavy atom. The largest absolute Gasteiger partial charge is 0.346 e. The number of nitrogens with zero attached hydrogens (tertiary/aromatic N) is 1. The van der Waals surface area contributed by atoms with E-state index in [2.05, 4.69) is 0 Å². The molecule has 5 heteroatoms. The quantitative estimate of drug-likeness (QED) is 0.659. The highest BCUT2D eigenvalue weighted by atomic mass is 32.2. The Morgan fingerprint density at radius 3 is 3.46 bits per heavy atom. The van der Waals surface area contributed by atoms with Gasteiger partial charge in [-0.05, 0) is 12.3 Å². The minimum atomic E-state index is -0.668. The molecule has 0 radical (unpaired) electrons. The Morgan fingerprint density at radius 1 is 1.85 bits per heavy atom. The molecular weight excluding hydrogens is 190 g/mol. The van der Waals surface area contributed by atoms with Gasteiger partial charge in [0.25, 0.3) is 0 Å². The molecule has 0 spiro atoms. The van der Waals surface area contributed by atoms with E-state index in [-0.39, 0.29) is 11.3 Å². The van der Waals surface area contributed by atoms with Crippen LogP contribution in [0, 0.1) is 0 Å². The summed E-state index contributed by atoms with van der Waals surface area (Å²) in [5.74, 6) is -0.00903. The van der Waals surface area contributed by atoms with Gasteiger partial charge in [0.1, 0.15) is 0 Å². The summed E-state index contributed by atoms with van der Waals surface area (Å²) in [4.78, 5) is 13.3. The molecule has 13 heavy (non-hydrogen) atoms. The smallest absolute Gasteiger partial charge is 0.222 e. The second-order valence-electron chi connectivity index (χ2n) is 2.79. The van der Waals surface area contributed by atoms with Gasteiger partial charge in [0, 0.05) is 12.8 Å². The molecule has 2 aliphatic rings. The van der Waals surface area contributed by atoms with Crippen LogP contribution in [0.1, 0.15) is 6.92 Å². The Hall–Kier alpha value is -0.520. The molecule has 0 aliphatic carbocycles. The van der Waals surface area contributed by atoms with Crippen LogP contribution in [0.15, 0.2) is 11.6 Å². The van der Waals surface area contributed by atoms with Gasteiger partial charge in [-0.1, -0.05) is 11.8 Å². The standard InChI is InChI=1S/C8H11NO3S/c1-2-11-7-6(10)5-9-3-4-13-8(9)12-7/h3-4,7-8H,2,5H2,1H3/t7-,8-/m1/s1. The summed E-state index contributed by atoms with van der Waals surface area (Å²) in [6.45, 7) is 2.74. The van der Waals surface area contributed by atoms with Crippen LogP contribution in [0.4, 0.5) is 0 Å². The van der Waals surface area contributed by atoms with Crippen molar-refractivity contribution in [1.29, 1.82) is 0 Å². The van der Waals surface area contributed by atoms with Gasteiger partial charge in [-0.3, -0.25) is 4.79 Å². The van der Waals surface area contributed by atoms with Crippen molar-refractivity contribution >= 4 is 17.5 Å². The molecule has 2 atom stereocenters.